The molecule has 0 fully saturated rings. The lowest BCUT2D eigenvalue weighted by Crippen LogP contribution is -2.29. The molecule has 1 nitrogen and oxygen atoms in total. The molecule has 0 radical (unpaired) electrons. The minimum Gasteiger partial charge on any atom is -0.310 e. The Kier molecular flexibility index (Phi) is 4.18. The molecule has 2 heteroatoms. The van der Waals surface area contributed by atoms with Gasteiger partial charge in [-0.1, -0.05) is 50.6 Å². The van der Waals surface area contributed by atoms with Gasteiger partial charge < -0.3 is 5.32 Å². The summed E-state index contributed by atoms with van der Waals surface area (Å²) in [5.74, 6) is 0. The second kappa shape index (κ2) is 5.00. The maximum atomic E-state index is 6.13. The Morgan fingerprint density at radius 2 is 1.87 bits per heavy atom. The second-order valence-electron chi connectivity index (χ2n) is 5.18. The minimum atomic E-state index is 0.301. The first kappa shape index (κ1) is 12.5. The summed E-state index contributed by atoms with van der Waals surface area (Å²) < 4.78 is 0. The number of hydrogen-bond acceptors (Lipinski definition) is 1. The summed E-state index contributed by atoms with van der Waals surface area (Å²) in [6.07, 6.45) is 0. The van der Waals surface area contributed by atoms with Crippen molar-refractivity contribution in [3.05, 3.63) is 34.9 Å². The zero-order valence-corrected chi connectivity index (χ0v) is 10.7. The maximum absolute atomic E-state index is 6.13. The van der Waals surface area contributed by atoms with Crippen LogP contribution in [0.25, 0.3) is 0 Å². The summed E-state index contributed by atoms with van der Waals surface area (Å²) in [6.45, 7) is 9.80. The van der Waals surface area contributed by atoms with Crippen LogP contribution in [0.3, 0.4) is 0 Å². The van der Waals surface area contributed by atoms with Gasteiger partial charge in [0.2, 0.25) is 0 Å². The molecular formula is C13H20ClN. The molecule has 1 atom stereocenters. The minimum absolute atomic E-state index is 0.301. The van der Waals surface area contributed by atoms with Crippen LogP contribution in [0, 0.1) is 5.41 Å². The summed E-state index contributed by atoms with van der Waals surface area (Å²) in [5.41, 5.74) is 1.47. The predicted molar refractivity (Wildman–Crippen MR) is 67.3 cm³/mol. The summed E-state index contributed by atoms with van der Waals surface area (Å²) >= 11 is 6.13. The molecule has 0 aliphatic heterocycles. The third-order valence-electron chi connectivity index (χ3n) is 2.31. The quantitative estimate of drug-likeness (QED) is 0.819. The van der Waals surface area contributed by atoms with Gasteiger partial charge in [0.15, 0.2) is 0 Å². The van der Waals surface area contributed by atoms with E-state index in [9.17, 15) is 0 Å². The lowest BCUT2D eigenvalue weighted by Gasteiger charge is -2.23. The highest BCUT2D eigenvalue weighted by atomic mass is 35.5. The van der Waals surface area contributed by atoms with Crippen LogP contribution in [0.1, 0.15) is 39.3 Å². The Bertz CT molecular complexity index is 315. The summed E-state index contributed by atoms with van der Waals surface area (Å²) in [7, 11) is 0. The van der Waals surface area contributed by atoms with E-state index in [1.54, 1.807) is 0 Å². The van der Waals surface area contributed by atoms with E-state index in [1.165, 1.54) is 5.56 Å². The number of rotatable bonds is 3. The normalized spacial score (nSPS) is 13.9. The molecule has 1 N–H and O–H groups in total. The first-order valence-electron chi connectivity index (χ1n) is 5.38. The average molecular weight is 226 g/mol. The summed E-state index contributed by atoms with van der Waals surface area (Å²) in [5, 5.41) is 4.33. The summed E-state index contributed by atoms with van der Waals surface area (Å²) in [6, 6.07) is 8.30. The highest BCUT2D eigenvalue weighted by Crippen LogP contribution is 2.23. The molecule has 84 valence electrons. The number of hydrogen-bond donors (Lipinski definition) is 1. The second-order valence-corrected chi connectivity index (χ2v) is 5.59. The number of nitrogens with one attached hydrogen (secondary N) is 1. The van der Waals surface area contributed by atoms with Gasteiger partial charge in [-0.25, -0.2) is 0 Å². The highest BCUT2D eigenvalue weighted by Gasteiger charge is 2.13. The van der Waals surface area contributed by atoms with Crippen molar-refractivity contribution in [2.75, 3.05) is 6.54 Å². The van der Waals surface area contributed by atoms with Crippen molar-refractivity contribution in [2.24, 2.45) is 5.41 Å². The van der Waals surface area contributed by atoms with E-state index in [0.29, 0.717) is 11.5 Å². The molecule has 0 aliphatic carbocycles. The molecule has 0 aliphatic rings. The molecule has 0 amide bonds. The first-order valence-corrected chi connectivity index (χ1v) is 5.76. The van der Waals surface area contributed by atoms with Gasteiger partial charge in [-0.15, -0.1) is 0 Å². The Morgan fingerprint density at radius 1 is 1.27 bits per heavy atom. The van der Waals surface area contributed by atoms with E-state index in [0.717, 1.165) is 11.6 Å². The molecule has 15 heavy (non-hydrogen) atoms. The Labute approximate surface area is 97.8 Å². The van der Waals surface area contributed by atoms with Crippen LogP contribution in [0.2, 0.25) is 5.02 Å². The third-order valence-corrected chi connectivity index (χ3v) is 2.65. The van der Waals surface area contributed by atoms with Gasteiger partial charge >= 0.3 is 0 Å². The van der Waals surface area contributed by atoms with Gasteiger partial charge in [0, 0.05) is 17.6 Å². The van der Waals surface area contributed by atoms with Crippen LogP contribution in [0.15, 0.2) is 24.3 Å². The van der Waals surface area contributed by atoms with Crippen molar-refractivity contribution in [1.82, 2.24) is 5.32 Å². The molecule has 0 spiro atoms. The molecule has 0 saturated heterocycles. The standard InChI is InChI=1S/C13H20ClN/c1-10(15-9-13(2,3)4)11-7-5-6-8-12(11)14/h5-8,10,15H,9H2,1-4H3/t10-/m1/s1. The predicted octanol–water partition coefficient (Wildman–Crippen LogP) is 4.04. The first-order chi connectivity index (χ1) is 6.90. The molecule has 0 heterocycles. The van der Waals surface area contributed by atoms with E-state index in [1.807, 2.05) is 18.2 Å². The van der Waals surface area contributed by atoms with E-state index >= 15 is 0 Å². The lowest BCUT2D eigenvalue weighted by atomic mass is 9.96. The van der Waals surface area contributed by atoms with Crippen molar-refractivity contribution < 1.29 is 0 Å². The van der Waals surface area contributed by atoms with Crippen LogP contribution < -0.4 is 5.32 Å². The van der Waals surface area contributed by atoms with Crippen LogP contribution >= 0.6 is 11.6 Å². The van der Waals surface area contributed by atoms with Gasteiger partial charge in [0.1, 0.15) is 0 Å². The van der Waals surface area contributed by atoms with Crippen molar-refractivity contribution in [3.8, 4) is 0 Å². The smallest absolute Gasteiger partial charge is 0.0453 e. The molecule has 0 saturated carbocycles. The van der Waals surface area contributed by atoms with Crippen LogP contribution in [-0.4, -0.2) is 6.54 Å². The zero-order chi connectivity index (χ0) is 11.5. The van der Waals surface area contributed by atoms with Crippen molar-refractivity contribution in [2.45, 2.75) is 33.7 Å². The van der Waals surface area contributed by atoms with Crippen molar-refractivity contribution in [3.63, 3.8) is 0 Å². The zero-order valence-electron chi connectivity index (χ0n) is 9.97. The van der Waals surface area contributed by atoms with Crippen LogP contribution in [0.5, 0.6) is 0 Å². The number of halogens is 1. The van der Waals surface area contributed by atoms with Gasteiger partial charge in [-0.3, -0.25) is 0 Å². The van der Waals surface area contributed by atoms with E-state index in [-0.39, 0.29) is 0 Å². The van der Waals surface area contributed by atoms with Crippen LogP contribution in [0.4, 0.5) is 0 Å². The Balaban J connectivity index is 2.62. The van der Waals surface area contributed by atoms with Gasteiger partial charge in [0.25, 0.3) is 0 Å². The van der Waals surface area contributed by atoms with Gasteiger partial charge in [0.05, 0.1) is 0 Å². The number of benzene rings is 1. The fraction of sp³-hybridized carbons (Fsp3) is 0.538. The topological polar surface area (TPSA) is 12.0 Å². The lowest BCUT2D eigenvalue weighted by molar-refractivity contribution is 0.359. The fourth-order valence-corrected chi connectivity index (χ4v) is 1.69. The monoisotopic (exact) mass is 225 g/mol. The Morgan fingerprint density at radius 3 is 2.40 bits per heavy atom. The van der Waals surface area contributed by atoms with Crippen molar-refractivity contribution in [1.29, 1.82) is 0 Å². The summed E-state index contributed by atoms with van der Waals surface area (Å²) in [4.78, 5) is 0. The fourth-order valence-electron chi connectivity index (χ4n) is 1.40. The molecule has 0 bridgehead atoms. The van der Waals surface area contributed by atoms with E-state index in [4.69, 9.17) is 11.6 Å². The molecular weight excluding hydrogens is 206 g/mol. The van der Waals surface area contributed by atoms with Crippen LogP contribution in [-0.2, 0) is 0 Å². The molecule has 1 aromatic rings. The average Bonchev–Trinajstić information content (AvgIpc) is 2.14. The molecule has 1 rings (SSSR count). The molecule has 0 aromatic heterocycles. The highest BCUT2D eigenvalue weighted by molar-refractivity contribution is 6.31. The molecule has 0 unspecified atom stereocenters. The van der Waals surface area contributed by atoms with Gasteiger partial charge in [-0.2, -0.15) is 0 Å². The Hall–Kier alpha value is -0.530. The van der Waals surface area contributed by atoms with E-state index in [2.05, 4.69) is 39.1 Å². The third kappa shape index (κ3) is 4.23. The SMILES string of the molecule is C[C@@H](NCC(C)(C)C)c1ccccc1Cl. The van der Waals surface area contributed by atoms with Gasteiger partial charge in [-0.05, 0) is 24.0 Å². The largest absolute Gasteiger partial charge is 0.310 e. The van der Waals surface area contributed by atoms with Crippen molar-refractivity contribution >= 4 is 11.6 Å². The molecule has 1 aromatic carbocycles. The van der Waals surface area contributed by atoms with E-state index < -0.39 is 0 Å². The maximum Gasteiger partial charge on any atom is 0.0453 e.